The zero-order chi connectivity index (χ0) is 20.7. The third-order valence-electron chi connectivity index (χ3n) is 4.83. The van der Waals surface area contributed by atoms with Crippen LogP contribution in [0.25, 0.3) is 5.69 Å². The van der Waals surface area contributed by atoms with Crippen LogP contribution in [-0.4, -0.2) is 45.6 Å². The number of fused-ring (bicyclic) bond motifs is 1. The van der Waals surface area contributed by atoms with Gasteiger partial charge in [-0.05, 0) is 25.1 Å². The summed E-state index contributed by atoms with van der Waals surface area (Å²) < 4.78 is 13.0. The van der Waals surface area contributed by atoms with Crippen molar-refractivity contribution >= 4 is 23.6 Å². The predicted molar refractivity (Wildman–Crippen MR) is 103 cm³/mol. The molecule has 29 heavy (non-hydrogen) atoms. The molecule has 0 bridgehead atoms. The van der Waals surface area contributed by atoms with E-state index < -0.39 is 29.3 Å². The minimum Gasteiger partial charge on any atom is -0.476 e. The van der Waals surface area contributed by atoms with Gasteiger partial charge < -0.3 is 19.7 Å². The molecule has 1 fully saturated rings. The van der Waals surface area contributed by atoms with Crippen LogP contribution in [0.2, 0.25) is 0 Å². The van der Waals surface area contributed by atoms with Gasteiger partial charge in [-0.3, -0.25) is 9.69 Å². The minimum absolute atomic E-state index is 0.136. The lowest BCUT2D eigenvalue weighted by Gasteiger charge is -2.43. The fourth-order valence-corrected chi connectivity index (χ4v) is 4.88. The number of pyridine rings is 1. The van der Waals surface area contributed by atoms with Crippen LogP contribution in [0, 0.1) is 5.92 Å². The van der Waals surface area contributed by atoms with Gasteiger partial charge in [-0.1, -0.05) is 11.8 Å². The summed E-state index contributed by atoms with van der Waals surface area (Å²) in [7, 11) is 1.59. The Hall–Kier alpha value is -3.04. The molecule has 150 valence electrons. The maximum atomic E-state index is 12.2. The number of carbonyl (C=O) groups excluding carboxylic acids is 1. The molecule has 0 saturated carbocycles. The Morgan fingerprint density at radius 3 is 2.59 bits per heavy atom. The van der Waals surface area contributed by atoms with E-state index in [1.54, 1.807) is 19.2 Å². The summed E-state index contributed by atoms with van der Waals surface area (Å²) in [5.74, 6) is -1.19. The molecule has 2 aliphatic heterocycles. The summed E-state index contributed by atoms with van der Waals surface area (Å²) in [6.45, 7) is 1.52. The summed E-state index contributed by atoms with van der Waals surface area (Å²) >= 11 is 1.13. The first-order chi connectivity index (χ1) is 13.9. The van der Waals surface area contributed by atoms with Crippen LogP contribution in [0.3, 0.4) is 0 Å². The van der Waals surface area contributed by atoms with Gasteiger partial charge in [0.2, 0.25) is 11.6 Å². The first-order valence-electron chi connectivity index (χ1n) is 8.90. The van der Waals surface area contributed by atoms with Crippen molar-refractivity contribution in [3.63, 3.8) is 0 Å². The van der Waals surface area contributed by atoms with E-state index in [9.17, 15) is 19.8 Å². The van der Waals surface area contributed by atoms with Crippen LogP contribution < -0.4 is 14.0 Å². The first kappa shape index (κ1) is 19.3. The standard InChI is InChI=1S/C20H18N2O6S/c1-11(23)15-17(24)22-16(19(25)26)20(29-18(15)22)28-13-8-6-12(7-9-13)21-10-4-3-5-14(21)27-2/h3-11,15,18,23H,1-2H3/p+1/t11-,15+,18-/m1/s1. The summed E-state index contributed by atoms with van der Waals surface area (Å²) in [6.07, 6.45) is 1.00. The number of aliphatic carboxylic acids is 1. The largest absolute Gasteiger partial charge is 0.476 e. The number of β-lactam (4-membered cyclic amide) rings is 1. The number of thioether (sulfide) groups is 1. The van der Waals surface area contributed by atoms with Crippen molar-refractivity contribution < 1.29 is 33.8 Å². The van der Waals surface area contributed by atoms with Gasteiger partial charge in [-0.2, -0.15) is 0 Å². The number of methoxy groups -OCH3 is 1. The lowest BCUT2D eigenvalue weighted by molar-refractivity contribution is -0.602. The Morgan fingerprint density at radius 1 is 1.24 bits per heavy atom. The molecule has 4 rings (SSSR count). The summed E-state index contributed by atoms with van der Waals surface area (Å²) in [4.78, 5) is 25.1. The fourth-order valence-electron chi connectivity index (χ4n) is 3.41. The smallest absolute Gasteiger partial charge is 0.373 e. The van der Waals surface area contributed by atoms with Gasteiger partial charge in [-0.15, -0.1) is 4.57 Å². The van der Waals surface area contributed by atoms with E-state index >= 15 is 0 Å². The maximum absolute atomic E-state index is 12.2. The molecule has 1 aromatic carbocycles. The van der Waals surface area contributed by atoms with Gasteiger partial charge >= 0.3 is 11.8 Å². The molecule has 0 unspecified atom stereocenters. The average molecular weight is 415 g/mol. The van der Waals surface area contributed by atoms with Crippen LogP contribution in [0.1, 0.15) is 6.92 Å². The summed E-state index contributed by atoms with van der Waals surface area (Å²) in [5, 5.41) is 19.0. The highest BCUT2D eigenvalue weighted by Crippen LogP contribution is 2.50. The molecule has 9 heteroatoms. The van der Waals surface area contributed by atoms with Crippen molar-refractivity contribution in [2.24, 2.45) is 5.92 Å². The number of aliphatic hydroxyl groups excluding tert-OH is 1. The number of aromatic nitrogens is 1. The monoisotopic (exact) mass is 415 g/mol. The number of hydrogen-bond acceptors (Lipinski definition) is 6. The SMILES string of the molecule is COc1cccc[n+]1-c1ccc(OC2=C(C(=O)O)N3C(=O)[C@H]([C@@H](C)O)[C@H]3S2)cc1. The molecule has 0 radical (unpaired) electrons. The van der Waals surface area contributed by atoms with Crippen LogP contribution >= 0.6 is 11.8 Å². The molecular formula is C20H19N2O6S+. The second-order valence-electron chi connectivity index (χ2n) is 6.63. The Kier molecular flexibility index (Phi) is 4.93. The Balaban J connectivity index is 1.58. The molecule has 0 aliphatic carbocycles. The third-order valence-corrected chi connectivity index (χ3v) is 6.06. The highest BCUT2D eigenvalue weighted by Gasteiger charge is 2.58. The summed E-state index contributed by atoms with van der Waals surface area (Å²) in [5.41, 5.74) is 0.652. The van der Waals surface area contributed by atoms with Crippen molar-refractivity contribution in [2.45, 2.75) is 18.4 Å². The number of carboxylic acids is 1. The highest BCUT2D eigenvalue weighted by atomic mass is 32.2. The van der Waals surface area contributed by atoms with E-state index in [-0.39, 0.29) is 10.8 Å². The van der Waals surface area contributed by atoms with Crippen molar-refractivity contribution in [1.82, 2.24) is 4.90 Å². The number of hydrogen-bond donors (Lipinski definition) is 2. The molecule has 2 aliphatic rings. The van der Waals surface area contributed by atoms with E-state index in [1.165, 1.54) is 11.8 Å². The molecular weight excluding hydrogens is 396 g/mol. The number of nitrogens with zero attached hydrogens (tertiary/aromatic N) is 2. The lowest BCUT2D eigenvalue weighted by Crippen LogP contribution is -2.60. The van der Waals surface area contributed by atoms with Crippen LogP contribution in [0.4, 0.5) is 0 Å². The third kappa shape index (κ3) is 3.22. The van der Waals surface area contributed by atoms with Crippen LogP contribution in [0.5, 0.6) is 11.6 Å². The van der Waals surface area contributed by atoms with Gasteiger partial charge in [0, 0.05) is 18.2 Å². The lowest BCUT2D eigenvalue weighted by atomic mass is 9.92. The molecule has 1 amide bonds. The van der Waals surface area contributed by atoms with Gasteiger partial charge in [0.05, 0.1) is 25.2 Å². The highest BCUT2D eigenvalue weighted by molar-refractivity contribution is 8.03. The fraction of sp³-hybridized carbons (Fsp3) is 0.250. The predicted octanol–water partition coefficient (Wildman–Crippen LogP) is 1.52. The molecule has 2 aromatic rings. The van der Waals surface area contributed by atoms with E-state index in [4.69, 9.17) is 9.47 Å². The molecule has 3 atom stereocenters. The Labute approximate surface area is 171 Å². The molecule has 2 N–H and O–H groups in total. The van der Waals surface area contributed by atoms with Gasteiger partial charge in [0.25, 0.3) is 0 Å². The number of rotatable bonds is 6. The second kappa shape index (κ2) is 7.41. The zero-order valence-corrected chi connectivity index (χ0v) is 16.5. The summed E-state index contributed by atoms with van der Waals surface area (Å²) in [6, 6.07) is 12.6. The number of ether oxygens (including phenoxy) is 2. The molecule has 3 heterocycles. The topological polar surface area (TPSA) is 100 Å². The number of aliphatic hydroxyl groups is 1. The van der Waals surface area contributed by atoms with Crippen molar-refractivity contribution in [2.75, 3.05) is 7.11 Å². The van der Waals surface area contributed by atoms with Gasteiger partial charge in [0.15, 0.2) is 17.0 Å². The average Bonchev–Trinajstić information content (AvgIpc) is 3.02. The van der Waals surface area contributed by atoms with E-state index in [0.29, 0.717) is 11.6 Å². The molecule has 8 nitrogen and oxygen atoms in total. The Bertz CT molecular complexity index is 1000. The number of benzene rings is 1. The van der Waals surface area contributed by atoms with Gasteiger partial charge in [-0.25, -0.2) is 4.79 Å². The van der Waals surface area contributed by atoms with Crippen molar-refractivity contribution in [1.29, 1.82) is 0 Å². The van der Waals surface area contributed by atoms with Crippen molar-refractivity contribution in [3.05, 3.63) is 59.4 Å². The van der Waals surface area contributed by atoms with Crippen molar-refractivity contribution in [3.8, 4) is 17.3 Å². The molecule has 1 aromatic heterocycles. The quantitative estimate of drug-likeness (QED) is 0.545. The number of carbonyl (C=O) groups is 2. The maximum Gasteiger partial charge on any atom is 0.373 e. The van der Waals surface area contributed by atoms with Crippen LogP contribution in [-0.2, 0) is 9.59 Å². The molecule has 0 spiro atoms. The second-order valence-corrected chi connectivity index (χ2v) is 7.72. The van der Waals surface area contributed by atoms with E-state index in [0.717, 1.165) is 17.4 Å². The van der Waals surface area contributed by atoms with Crippen LogP contribution in [0.15, 0.2) is 59.4 Å². The van der Waals surface area contributed by atoms with Gasteiger partial charge in [0.1, 0.15) is 11.1 Å². The molecule has 1 saturated heterocycles. The number of carboxylic acid groups (broad SMARTS) is 1. The zero-order valence-electron chi connectivity index (χ0n) is 15.7. The Morgan fingerprint density at radius 2 is 1.97 bits per heavy atom. The number of amides is 1. The first-order valence-corrected chi connectivity index (χ1v) is 9.78. The van der Waals surface area contributed by atoms with E-state index in [1.807, 2.05) is 41.1 Å². The normalized spacial score (nSPS) is 21.5. The minimum atomic E-state index is -1.24. The van der Waals surface area contributed by atoms with E-state index in [2.05, 4.69) is 0 Å².